The second-order valence-electron chi connectivity index (χ2n) is 10.2. The molecule has 7 heteroatoms. The van der Waals surface area contributed by atoms with Gasteiger partial charge < -0.3 is 19.7 Å². The molecule has 0 radical (unpaired) electrons. The Balaban J connectivity index is 1.11. The number of nitrogens with one attached hydrogen (secondary N) is 1. The van der Waals surface area contributed by atoms with E-state index in [1.165, 1.54) is 0 Å². The molecule has 2 bridgehead atoms. The first-order chi connectivity index (χ1) is 15.6. The van der Waals surface area contributed by atoms with E-state index >= 15 is 0 Å². The van der Waals surface area contributed by atoms with Gasteiger partial charge in [-0.3, -0.25) is 14.5 Å². The minimum atomic E-state index is -0.644. The minimum Gasteiger partial charge on any atom is -0.467 e. The maximum absolute atomic E-state index is 13.5. The molecule has 3 aliphatic carbocycles. The molecule has 0 aromatic heterocycles. The Morgan fingerprint density at radius 2 is 1.81 bits per heavy atom. The van der Waals surface area contributed by atoms with E-state index in [1.54, 1.807) is 0 Å². The summed E-state index contributed by atoms with van der Waals surface area (Å²) in [4.78, 5) is 31.0. The molecule has 6 aliphatic rings. The van der Waals surface area contributed by atoms with Gasteiger partial charge in [0.05, 0.1) is 18.8 Å². The van der Waals surface area contributed by atoms with Gasteiger partial charge in [0.15, 0.2) is 5.72 Å². The van der Waals surface area contributed by atoms with E-state index in [9.17, 15) is 9.59 Å². The fourth-order valence-electron chi connectivity index (χ4n) is 6.89. The fourth-order valence-corrected chi connectivity index (χ4v) is 6.89. The number of hydrogen-bond donors (Lipinski definition) is 1. The van der Waals surface area contributed by atoms with Crippen molar-refractivity contribution in [2.75, 3.05) is 39.4 Å². The average Bonchev–Trinajstić information content (AvgIpc) is 2.84. The van der Waals surface area contributed by atoms with E-state index in [0.29, 0.717) is 23.3 Å². The minimum absolute atomic E-state index is 0.0486. The summed E-state index contributed by atoms with van der Waals surface area (Å²) in [5.41, 5.74) is -0.0376. The molecular weight excluding hydrogens is 406 g/mol. The van der Waals surface area contributed by atoms with Crippen molar-refractivity contribution >= 4 is 11.8 Å². The molecule has 4 unspecified atom stereocenters. The average molecular weight is 440 g/mol. The predicted molar refractivity (Wildman–Crippen MR) is 118 cm³/mol. The van der Waals surface area contributed by atoms with Crippen molar-refractivity contribution in [1.82, 2.24) is 15.1 Å². The van der Waals surface area contributed by atoms with Crippen LogP contribution in [0.2, 0.25) is 0 Å². The number of ether oxygens (including phenoxy) is 2. The van der Waals surface area contributed by atoms with E-state index in [-0.39, 0.29) is 23.7 Å². The van der Waals surface area contributed by atoms with E-state index in [1.807, 2.05) is 24.3 Å². The van der Waals surface area contributed by atoms with Crippen LogP contribution in [0.4, 0.5) is 0 Å². The maximum atomic E-state index is 13.5. The molecule has 32 heavy (non-hydrogen) atoms. The Kier molecular flexibility index (Phi) is 5.14. The molecule has 1 spiro atoms. The normalized spacial score (nSPS) is 35.3. The number of morpholine rings is 1. The lowest BCUT2D eigenvalue weighted by atomic mass is 9.59. The number of nitrogens with zero attached hydrogens (tertiary/aromatic N) is 2. The van der Waals surface area contributed by atoms with Gasteiger partial charge in [-0.15, -0.1) is 0 Å². The molecular formula is C25H33N3O4. The first kappa shape index (κ1) is 20.5. The maximum Gasteiger partial charge on any atom is 0.258 e. The predicted octanol–water partition coefficient (Wildman–Crippen LogP) is 2.26. The summed E-state index contributed by atoms with van der Waals surface area (Å²) >= 11 is 0. The largest absolute Gasteiger partial charge is 0.467 e. The molecule has 5 fully saturated rings. The second-order valence-corrected chi connectivity index (χ2v) is 10.2. The first-order valence-electron chi connectivity index (χ1n) is 12.3. The molecule has 1 aromatic rings. The highest BCUT2D eigenvalue weighted by atomic mass is 16.5. The number of fused-ring (bicyclic) bond motifs is 3. The lowest BCUT2D eigenvalue weighted by Crippen LogP contribution is -2.67. The Morgan fingerprint density at radius 3 is 2.56 bits per heavy atom. The Bertz CT molecular complexity index is 893. The van der Waals surface area contributed by atoms with Gasteiger partial charge in [0.25, 0.3) is 5.91 Å². The zero-order valence-corrected chi connectivity index (χ0v) is 18.6. The van der Waals surface area contributed by atoms with Crippen molar-refractivity contribution in [1.29, 1.82) is 0 Å². The molecule has 7 rings (SSSR count). The Hall–Kier alpha value is -2.12. The summed E-state index contributed by atoms with van der Waals surface area (Å²) in [6.45, 7) is 5.41. The van der Waals surface area contributed by atoms with Crippen molar-refractivity contribution < 1.29 is 19.1 Å². The third kappa shape index (κ3) is 3.41. The van der Waals surface area contributed by atoms with Gasteiger partial charge in [0.2, 0.25) is 5.91 Å². The standard InChI is InChI=1S/C25H33N3O4/c29-23-20-3-1-2-4-22(20)32-25(26-23)16-17-5-6-18(25)15-21(17)24(30)28-9-7-19(8-10-28)27-11-13-31-14-12-27/h1-4,17-19,21H,5-16H2,(H,26,29). The Labute approximate surface area is 189 Å². The van der Waals surface area contributed by atoms with Crippen molar-refractivity contribution in [3.63, 3.8) is 0 Å². The van der Waals surface area contributed by atoms with Crippen LogP contribution < -0.4 is 10.1 Å². The quantitative estimate of drug-likeness (QED) is 0.766. The smallest absolute Gasteiger partial charge is 0.258 e. The van der Waals surface area contributed by atoms with Crippen LogP contribution in [0.5, 0.6) is 5.75 Å². The monoisotopic (exact) mass is 439 g/mol. The molecule has 3 saturated carbocycles. The van der Waals surface area contributed by atoms with Crippen molar-refractivity contribution in [3.05, 3.63) is 29.8 Å². The number of piperidine rings is 1. The van der Waals surface area contributed by atoms with Gasteiger partial charge in [-0.2, -0.15) is 0 Å². The van der Waals surface area contributed by atoms with Crippen LogP contribution in [0.1, 0.15) is 48.9 Å². The molecule has 3 heterocycles. The summed E-state index contributed by atoms with van der Waals surface area (Å²) in [6.07, 6.45) is 5.73. The molecule has 4 atom stereocenters. The van der Waals surface area contributed by atoms with Crippen LogP contribution in [-0.2, 0) is 9.53 Å². The first-order valence-corrected chi connectivity index (χ1v) is 12.3. The van der Waals surface area contributed by atoms with Gasteiger partial charge in [0.1, 0.15) is 5.75 Å². The highest BCUT2D eigenvalue weighted by Gasteiger charge is 2.57. The Morgan fingerprint density at radius 1 is 1.03 bits per heavy atom. The molecule has 2 saturated heterocycles. The number of hydrogen-bond acceptors (Lipinski definition) is 5. The number of para-hydroxylation sites is 1. The number of amides is 2. The fraction of sp³-hybridized carbons (Fsp3) is 0.680. The summed E-state index contributed by atoms with van der Waals surface area (Å²) in [5.74, 6) is 1.48. The molecule has 172 valence electrons. The zero-order chi connectivity index (χ0) is 21.7. The lowest BCUT2D eigenvalue weighted by Gasteiger charge is -2.55. The van der Waals surface area contributed by atoms with Gasteiger partial charge in [0, 0.05) is 50.5 Å². The van der Waals surface area contributed by atoms with Gasteiger partial charge >= 0.3 is 0 Å². The third-order valence-corrected chi connectivity index (χ3v) is 8.62. The van der Waals surface area contributed by atoms with Crippen LogP contribution >= 0.6 is 0 Å². The lowest BCUT2D eigenvalue weighted by molar-refractivity contribution is -0.157. The highest BCUT2D eigenvalue weighted by Crippen LogP contribution is 2.52. The summed E-state index contributed by atoms with van der Waals surface area (Å²) in [5, 5.41) is 3.20. The van der Waals surface area contributed by atoms with Crippen LogP contribution in [0.3, 0.4) is 0 Å². The number of likely N-dealkylation sites (tertiary alicyclic amines) is 1. The number of carbonyl (C=O) groups excluding carboxylic acids is 2. The number of rotatable bonds is 2. The van der Waals surface area contributed by atoms with Crippen molar-refractivity contribution in [3.8, 4) is 5.75 Å². The number of benzene rings is 1. The highest BCUT2D eigenvalue weighted by molar-refractivity contribution is 5.98. The number of carbonyl (C=O) groups is 2. The SMILES string of the molecule is O=C1NC2(CC3CCC2CC3C(=O)N2CCC(N3CCOCC3)CC2)Oc2ccccc21. The summed E-state index contributed by atoms with van der Waals surface area (Å²) < 4.78 is 11.9. The van der Waals surface area contributed by atoms with Gasteiger partial charge in [-0.25, -0.2) is 0 Å². The molecule has 3 aliphatic heterocycles. The second kappa shape index (κ2) is 8.03. The zero-order valence-electron chi connectivity index (χ0n) is 18.6. The molecule has 1 N–H and O–H groups in total. The van der Waals surface area contributed by atoms with Crippen LogP contribution in [0, 0.1) is 17.8 Å². The van der Waals surface area contributed by atoms with Crippen LogP contribution in [0.25, 0.3) is 0 Å². The summed E-state index contributed by atoms with van der Waals surface area (Å²) in [6, 6.07) is 8.06. The summed E-state index contributed by atoms with van der Waals surface area (Å²) in [7, 11) is 0. The van der Waals surface area contributed by atoms with E-state index in [0.717, 1.165) is 77.9 Å². The van der Waals surface area contributed by atoms with Crippen LogP contribution in [-0.4, -0.2) is 72.8 Å². The van der Waals surface area contributed by atoms with E-state index < -0.39 is 5.72 Å². The van der Waals surface area contributed by atoms with E-state index in [2.05, 4.69) is 15.1 Å². The molecule has 2 amide bonds. The molecule has 1 aromatic carbocycles. The van der Waals surface area contributed by atoms with Gasteiger partial charge in [-0.1, -0.05) is 12.1 Å². The van der Waals surface area contributed by atoms with Crippen molar-refractivity contribution in [2.24, 2.45) is 17.8 Å². The van der Waals surface area contributed by atoms with Gasteiger partial charge in [-0.05, 0) is 50.2 Å². The third-order valence-electron chi connectivity index (χ3n) is 8.62. The topological polar surface area (TPSA) is 71.1 Å². The van der Waals surface area contributed by atoms with Crippen LogP contribution in [0.15, 0.2) is 24.3 Å². The van der Waals surface area contributed by atoms with Crippen molar-refractivity contribution in [2.45, 2.75) is 50.3 Å². The molecule has 7 nitrogen and oxygen atoms in total. The van der Waals surface area contributed by atoms with E-state index in [4.69, 9.17) is 9.47 Å².